The summed E-state index contributed by atoms with van der Waals surface area (Å²) in [6.45, 7) is 1.87. The molecule has 0 spiro atoms. The molecule has 1 heterocycles. The summed E-state index contributed by atoms with van der Waals surface area (Å²) in [6.07, 6.45) is 0. The number of nitrogens with one attached hydrogen (secondary N) is 1. The number of hydrogen-bond donors (Lipinski definition) is 1. The number of carbonyl (C=O) groups excluding carboxylic acids is 1. The predicted molar refractivity (Wildman–Crippen MR) is 111 cm³/mol. The molecule has 0 bridgehead atoms. The number of nitrogens with zero attached hydrogens (tertiary/aromatic N) is 3. The minimum atomic E-state index is -0.326. The van der Waals surface area contributed by atoms with Gasteiger partial charge in [-0.3, -0.25) is 4.79 Å². The number of rotatable bonds is 3. The van der Waals surface area contributed by atoms with Gasteiger partial charge in [0.25, 0.3) is 5.91 Å². The van der Waals surface area contributed by atoms with Crippen molar-refractivity contribution in [3.05, 3.63) is 81.0 Å². The van der Waals surface area contributed by atoms with Gasteiger partial charge in [-0.1, -0.05) is 27.5 Å². The van der Waals surface area contributed by atoms with E-state index in [9.17, 15) is 9.18 Å². The van der Waals surface area contributed by atoms with Crippen LogP contribution in [0.2, 0.25) is 5.02 Å². The Balaban J connectivity index is 1.68. The second-order valence-electron chi connectivity index (χ2n) is 6.20. The van der Waals surface area contributed by atoms with Crippen LogP contribution in [0, 0.1) is 12.7 Å². The molecule has 28 heavy (non-hydrogen) atoms. The number of aryl methyl sites for hydroxylation is 1. The van der Waals surface area contributed by atoms with Crippen LogP contribution in [-0.4, -0.2) is 20.9 Å². The average molecular weight is 460 g/mol. The van der Waals surface area contributed by atoms with Gasteiger partial charge in [-0.15, -0.1) is 10.2 Å². The third-order valence-electron chi connectivity index (χ3n) is 4.21. The number of fused-ring (bicyclic) bond motifs is 1. The maximum Gasteiger partial charge on any atom is 0.257 e. The van der Waals surface area contributed by atoms with Crippen LogP contribution in [0.1, 0.15) is 15.9 Å². The zero-order valence-electron chi connectivity index (χ0n) is 14.6. The molecule has 8 heteroatoms. The van der Waals surface area contributed by atoms with Gasteiger partial charge >= 0.3 is 0 Å². The van der Waals surface area contributed by atoms with Crippen LogP contribution < -0.4 is 5.32 Å². The SMILES string of the molecule is Cc1cc2nn(-c3ccc(F)cc3)nc2cc1NC(=O)c1cc(Br)ccc1Cl. The Morgan fingerprint density at radius 3 is 2.46 bits per heavy atom. The normalized spacial score (nSPS) is 11.0. The van der Waals surface area contributed by atoms with Crippen LogP contribution in [0.3, 0.4) is 0 Å². The van der Waals surface area contributed by atoms with Gasteiger partial charge in [0.15, 0.2) is 0 Å². The molecule has 0 unspecified atom stereocenters. The Bertz CT molecular complexity index is 1210. The first kappa shape index (κ1) is 18.6. The zero-order chi connectivity index (χ0) is 19.8. The van der Waals surface area contributed by atoms with Gasteiger partial charge in [-0.25, -0.2) is 4.39 Å². The maximum atomic E-state index is 13.1. The molecule has 3 aromatic carbocycles. The van der Waals surface area contributed by atoms with E-state index in [1.165, 1.54) is 16.9 Å². The minimum Gasteiger partial charge on any atom is -0.322 e. The summed E-state index contributed by atoms with van der Waals surface area (Å²) in [5.74, 6) is -0.646. The number of carbonyl (C=O) groups is 1. The van der Waals surface area contributed by atoms with E-state index in [1.807, 2.05) is 13.0 Å². The fourth-order valence-corrected chi connectivity index (χ4v) is 3.32. The van der Waals surface area contributed by atoms with Crippen molar-refractivity contribution in [1.82, 2.24) is 15.0 Å². The van der Waals surface area contributed by atoms with Crippen LogP contribution in [0.15, 0.2) is 59.1 Å². The molecular weight excluding hydrogens is 447 g/mol. The van der Waals surface area contributed by atoms with E-state index in [0.717, 1.165) is 10.0 Å². The van der Waals surface area contributed by atoms with Gasteiger partial charge in [0.05, 0.1) is 16.3 Å². The van der Waals surface area contributed by atoms with E-state index < -0.39 is 0 Å². The van der Waals surface area contributed by atoms with Gasteiger partial charge in [-0.2, -0.15) is 4.80 Å². The summed E-state index contributed by atoms with van der Waals surface area (Å²) in [6, 6.07) is 14.6. The molecule has 0 saturated heterocycles. The minimum absolute atomic E-state index is 0.320. The van der Waals surface area contributed by atoms with Gasteiger partial charge in [0.1, 0.15) is 16.9 Å². The topological polar surface area (TPSA) is 59.8 Å². The predicted octanol–water partition coefficient (Wildman–Crippen LogP) is 5.54. The molecule has 0 radical (unpaired) electrons. The quantitative estimate of drug-likeness (QED) is 0.438. The van der Waals surface area contributed by atoms with Crippen molar-refractivity contribution in [2.75, 3.05) is 5.32 Å². The molecule has 0 saturated carbocycles. The van der Waals surface area contributed by atoms with Crippen molar-refractivity contribution >= 4 is 50.2 Å². The van der Waals surface area contributed by atoms with E-state index in [4.69, 9.17) is 11.6 Å². The first-order valence-corrected chi connectivity index (χ1v) is 9.48. The fraction of sp³-hybridized carbons (Fsp3) is 0.0500. The molecule has 0 aliphatic carbocycles. The van der Waals surface area contributed by atoms with Crippen molar-refractivity contribution < 1.29 is 9.18 Å². The molecule has 1 N–H and O–H groups in total. The number of amides is 1. The van der Waals surface area contributed by atoms with Crippen molar-refractivity contribution in [3.8, 4) is 5.69 Å². The maximum absolute atomic E-state index is 13.1. The van der Waals surface area contributed by atoms with E-state index in [2.05, 4.69) is 31.4 Å². The summed E-state index contributed by atoms with van der Waals surface area (Å²) < 4.78 is 13.9. The third-order valence-corrected chi connectivity index (χ3v) is 5.03. The molecule has 0 fully saturated rings. The summed E-state index contributed by atoms with van der Waals surface area (Å²) in [7, 11) is 0. The standard InChI is InChI=1S/C20H13BrClFN4O/c1-11-8-18-19(26-27(25-18)14-5-3-13(23)4-6-14)10-17(11)24-20(28)15-9-12(21)2-7-16(15)22/h2-10H,1H3,(H,24,28). The molecule has 0 aliphatic heterocycles. The Hall–Kier alpha value is -2.77. The fourth-order valence-electron chi connectivity index (χ4n) is 2.75. The highest BCUT2D eigenvalue weighted by atomic mass is 79.9. The number of halogens is 3. The van der Waals surface area contributed by atoms with Crippen LogP contribution in [0.5, 0.6) is 0 Å². The van der Waals surface area contributed by atoms with Crippen LogP contribution in [0.25, 0.3) is 16.7 Å². The van der Waals surface area contributed by atoms with Gasteiger partial charge in [-0.05, 0) is 67.1 Å². The lowest BCUT2D eigenvalue weighted by atomic mass is 10.1. The van der Waals surface area contributed by atoms with Crippen molar-refractivity contribution in [2.24, 2.45) is 0 Å². The molecule has 0 atom stereocenters. The molecule has 1 aromatic heterocycles. The highest BCUT2D eigenvalue weighted by molar-refractivity contribution is 9.10. The molecule has 140 valence electrons. The van der Waals surface area contributed by atoms with E-state index in [-0.39, 0.29) is 11.7 Å². The molecule has 1 amide bonds. The smallest absolute Gasteiger partial charge is 0.257 e. The van der Waals surface area contributed by atoms with E-state index >= 15 is 0 Å². The van der Waals surface area contributed by atoms with Crippen molar-refractivity contribution in [1.29, 1.82) is 0 Å². The Kier molecular flexibility index (Phi) is 4.87. The second kappa shape index (κ2) is 7.33. The highest BCUT2D eigenvalue weighted by Crippen LogP contribution is 2.25. The lowest BCUT2D eigenvalue weighted by molar-refractivity contribution is 0.102. The summed E-state index contributed by atoms with van der Waals surface area (Å²) in [5.41, 5.74) is 3.72. The molecule has 0 aliphatic rings. The summed E-state index contributed by atoms with van der Waals surface area (Å²) >= 11 is 9.48. The number of hydrogen-bond acceptors (Lipinski definition) is 3. The molecule has 5 nitrogen and oxygen atoms in total. The van der Waals surface area contributed by atoms with E-state index in [0.29, 0.717) is 33.0 Å². The summed E-state index contributed by atoms with van der Waals surface area (Å²) in [5, 5.41) is 12.1. The third kappa shape index (κ3) is 3.63. The van der Waals surface area contributed by atoms with Gasteiger partial charge in [0, 0.05) is 10.2 Å². The number of anilines is 1. The van der Waals surface area contributed by atoms with Crippen molar-refractivity contribution in [2.45, 2.75) is 6.92 Å². The Labute approximate surface area is 173 Å². The van der Waals surface area contributed by atoms with Crippen LogP contribution >= 0.6 is 27.5 Å². The van der Waals surface area contributed by atoms with Crippen LogP contribution in [-0.2, 0) is 0 Å². The van der Waals surface area contributed by atoms with E-state index in [1.54, 1.807) is 36.4 Å². The lowest BCUT2D eigenvalue weighted by Gasteiger charge is -2.09. The van der Waals surface area contributed by atoms with Gasteiger partial charge in [0.2, 0.25) is 0 Å². The Morgan fingerprint density at radius 2 is 1.75 bits per heavy atom. The monoisotopic (exact) mass is 458 g/mol. The summed E-state index contributed by atoms with van der Waals surface area (Å²) in [4.78, 5) is 14.1. The largest absolute Gasteiger partial charge is 0.322 e. The first-order valence-electron chi connectivity index (χ1n) is 8.31. The molecular formula is C20H13BrClFN4O. The number of aromatic nitrogens is 3. The molecule has 4 aromatic rings. The second-order valence-corrected chi connectivity index (χ2v) is 7.52. The average Bonchev–Trinajstić information content (AvgIpc) is 3.07. The molecule has 4 rings (SSSR count). The lowest BCUT2D eigenvalue weighted by Crippen LogP contribution is -2.13. The number of benzene rings is 3. The first-order chi connectivity index (χ1) is 13.4. The zero-order valence-corrected chi connectivity index (χ0v) is 16.9. The van der Waals surface area contributed by atoms with Crippen molar-refractivity contribution in [3.63, 3.8) is 0 Å². The van der Waals surface area contributed by atoms with Crippen LogP contribution in [0.4, 0.5) is 10.1 Å². The highest BCUT2D eigenvalue weighted by Gasteiger charge is 2.14. The Morgan fingerprint density at radius 1 is 1.07 bits per heavy atom. The van der Waals surface area contributed by atoms with Gasteiger partial charge < -0.3 is 5.32 Å².